The molecule has 0 saturated heterocycles. The first kappa shape index (κ1) is 13.0. The summed E-state index contributed by atoms with van der Waals surface area (Å²) in [6, 6.07) is 3.74. The zero-order valence-electron chi connectivity index (χ0n) is 9.73. The summed E-state index contributed by atoms with van der Waals surface area (Å²) in [6.45, 7) is 1.97. The number of aromatic nitrogens is 2. The van der Waals surface area contributed by atoms with E-state index in [1.54, 1.807) is 0 Å². The summed E-state index contributed by atoms with van der Waals surface area (Å²) in [5.74, 6) is -2.00. The van der Waals surface area contributed by atoms with Gasteiger partial charge in [0.15, 0.2) is 11.6 Å². The van der Waals surface area contributed by atoms with Gasteiger partial charge in [-0.2, -0.15) is 0 Å². The van der Waals surface area contributed by atoms with Crippen molar-refractivity contribution < 1.29 is 13.9 Å². The fraction of sp³-hybridized carbons (Fsp3) is 0.333. The summed E-state index contributed by atoms with van der Waals surface area (Å²) in [6.07, 6.45) is 0.276. The zero-order chi connectivity index (χ0) is 13.1. The fourth-order valence-electron chi connectivity index (χ4n) is 1.71. The lowest BCUT2D eigenvalue weighted by Gasteiger charge is -2.11. The Kier molecular flexibility index (Phi) is 3.98. The van der Waals surface area contributed by atoms with E-state index in [4.69, 9.17) is 0 Å². The van der Waals surface area contributed by atoms with E-state index in [1.807, 2.05) is 6.92 Å². The van der Waals surface area contributed by atoms with Crippen LogP contribution in [0.1, 0.15) is 35.6 Å². The van der Waals surface area contributed by atoms with Gasteiger partial charge in [-0.15, -0.1) is 5.10 Å². The van der Waals surface area contributed by atoms with Gasteiger partial charge in [0.2, 0.25) is 0 Å². The summed E-state index contributed by atoms with van der Waals surface area (Å²) >= 11 is 1.01. The Morgan fingerprint density at radius 1 is 1.39 bits per heavy atom. The van der Waals surface area contributed by atoms with Gasteiger partial charge >= 0.3 is 0 Å². The summed E-state index contributed by atoms with van der Waals surface area (Å²) in [5, 5.41) is 14.0. The van der Waals surface area contributed by atoms with Crippen LogP contribution in [-0.4, -0.2) is 14.7 Å². The molecular formula is C12H12F2N2OS. The number of halogens is 2. The SMILES string of the molecule is CCCc1nnsc1C(O)c1cccc(F)c1F. The molecule has 1 unspecified atom stereocenters. The van der Waals surface area contributed by atoms with E-state index in [2.05, 4.69) is 9.59 Å². The van der Waals surface area contributed by atoms with Gasteiger partial charge in [0.05, 0.1) is 10.6 Å². The molecule has 0 aliphatic rings. The third kappa shape index (κ3) is 2.39. The predicted octanol–water partition coefficient (Wildman–Crippen LogP) is 2.85. The molecule has 0 radical (unpaired) electrons. The highest BCUT2D eigenvalue weighted by Gasteiger charge is 2.22. The summed E-state index contributed by atoms with van der Waals surface area (Å²) in [5.41, 5.74) is 0.553. The number of benzene rings is 1. The first-order valence-electron chi connectivity index (χ1n) is 5.58. The molecule has 1 aromatic carbocycles. The van der Waals surface area contributed by atoms with Gasteiger partial charge in [-0.05, 0) is 24.0 Å². The third-order valence-corrected chi connectivity index (χ3v) is 3.42. The van der Waals surface area contributed by atoms with E-state index in [1.165, 1.54) is 12.1 Å². The van der Waals surface area contributed by atoms with Crippen LogP contribution in [0.4, 0.5) is 8.78 Å². The molecule has 2 aromatic rings. The quantitative estimate of drug-likeness (QED) is 0.929. The average molecular weight is 270 g/mol. The zero-order valence-corrected chi connectivity index (χ0v) is 10.5. The molecule has 1 heterocycles. The molecule has 6 heteroatoms. The van der Waals surface area contributed by atoms with E-state index in [9.17, 15) is 13.9 Å². The van der Waals surface area contributed by atoms with Gasteiger partial charge in [-0.25, -0.2) is 8.78 Å². The first-order chi connectivity index (χ1) is 8.65. The highest BCUT2D eigenvalue weighted by Crippen LogP contribution is 2.29. The molecule has 0 spiro atoms. The molecule has 1 N–H and O–H groups in total. The Morgan fingerprint density at radius 2 is 2.17 bits per heavy atom. The van der Waals surface area contributed by atoms with Crippen molar-refractivity contribution in [3.05, 3.63) is 46.0 Å². The van der Waals surface area contributed by atoms with Crippen LogP contribution in [0, 0.1) is 11.6 Å². The van der Waals surface area contributed by atoms with E-state index >= 15 is 0 Å². The van der Waals surface area contributed by atoms with Crippen molar-refractivity contribution in [2.75, 3.05) is 0 Å². The number of hydrogen-bond acceptors (Lipinski definition) is 4. The number of rotatable bonds is 4. The maximum Gasteiger partial charge on any atom is 0.164 e. The number of aliphatic hydroxyl groups excluding tert-OH is 1. The number of aliphatic hydroxyl groups is 1. The number of hydrogen-bond donors (Lipinski definition) is 1. The molecule has 0 saturated carbocycles. The summed E-state index contributed by atoms with van der Waals surface area (Å²) in [7, 11) is 0. The summed E-state index contributed by atoms with van der Waals surface area (Å²) < 4.78 is 30.5. The van der Waals surface area contributed by atoms with Crippen molar-refractivity contribution in [3.63, 3.8) is 0 Å². The highest BCUT2D eigenvalue weighted by molar-refractivity contribution is 7.05. The average Bonchev–Trinajstić information content (AvgIpc) is 2.80. The molecule has 18 heavy (non-hydrogen) atoms. The highest BCUT2D eigenvalue weighted by atomic mass is 32.1. The molecule has 3 nitrogen and oxygen atoms in total. The predicted molar refractivity (Wildman–Crippen MR) is 64.3 cm³/mol. The first-order valence-corrected chi connectivity index (χ1v) is 6.35. The second kappa shape index (κ2) is 5.49. The minimum atomic E-state index is -1.22. The third-order valence-electron chi connectivity index (χ3n) is 2.60. The summed E-state index contributed by atoms with van der Waals surface area (Å²) in [4.78, 5) is 0.473. The second-order valence-corrected chi connectivity index (χ2v) is 4.67. The van der Waals surface area contributed by atoms with Crippen LogP contribution in [-0.2, 0) is 6.42 Å². The molecule has 0 amide bonds. The van der Waals surface area contributed by atoms with E-state index in [-0.39, 0.29) is 5.56 Å². The van der Waals surface area contributed by atoms with Crippen molar-refractivity contribution in [1.82, 2.24) is 9.59 Å². The van der Waals surface area contributed by atoms with Gasteiger partial charge in [-0.3, -0.25) is 0 Å². The Labute approximate surface area is 107 Å². The van der Waals surface area contributed by atoms with Crippen molar-refractivity contribution in [2.24, 2.45) is 0 Å². The lowest BCUT2D eigenvalue weighted by Crippen LogP contribution is -2.05. The van der Waals surface area contributed by atoms with E-state index in [0.717, 1.165) is 24.0 Å². The molecule has 1 atom stereocenters. The second-order valence-electron chi connectivity index (χ2n) is 3.88. The Hall–Kier alpha value is -1.40. The van der Waals surface area contributed by atoms with E-state index < -0.39 is 17.7 Å². The van der Waals surface area contributed by atoms with Crippen LogP contribution in [0.25, 0.3) is 0 Å². The molecule has 96 valence electrons. The minimum absolute atomic E-state index is 0.0848. The van der Waals surface area contributed by atoms with Crippen LogP contribution < -0.4 is 0 Å². The van der Waals surface area contributed by atoms with Gasteiger partial charge in [0.1, 0.15) is 6.10 Å². The fourth-order valence-corrected chi connectivity index (χ4v) is 2.41. The standard InChI is InChI=1S/C12H12F2N2OS/c1-2-4-9-12(18-16-15-9)11(17)7-5-3-6-8(13)10(7)14/h3,5-6,11,17H,2,4H2,1H3. The Morgan fingerprint density at radius 3 is 2.89 bits per heavy atom. The maximum absolute atomic E-state index is 13.6. The Bertz CT molecular complexity index is 545. The molecule has 0 aliphatic heterocycles. The van der Waals surface area contributed by atoms with Crippen molar-refractivity contribution in [2.45, 2.75) is 25.9 Å². The van der Waals surface area contributed by atoms with Crippen LogP contribution >= 0.6 is 11.5 Å². The molecule has 0 bridgehead atoms. The normalized spacial score (nSPS) is 12.7. The molecule has 1 aromatic heterocycles. The van der Waals surface area contributed by atoms with Crippen LogP contribution in [0.3, 0.4) is 0 Å². The number of nitrogens with zero attached hydrogens (tertiary/aromatic N) is 2. The topological polar surface area (TPSA) is 46.0 Å². The number of aryl methyl sites for hydroxylation is 1. The molecule has 2 rings (SSSR count). The Balaban J connectivity index is 2.38. The van der Waals surface area contributed by atoms with Crippen molar-refractivity contribution >= 4 is 11.5 Å². The van der Waals surface area contributed by atoms with Gasteiger partial charge in [0.25, 0.3) is 0 Å². The molecular weight excluding hydrogens is 258 g/mol. The maximum atomic E-state index is 13.6. The van der Waals surface area contributed by atoms with Crippen LogP contribution in [0.15, 0.2) is 18.2 Å². The van der Waals surface area contributed by atoms with Crippen LogP contribution in [0.2, 0.25) is 0 Å². The van der Waals surface area contributed by atoms with Crippen LogP contribution in [0.5, 0.6) is 0 Å². The van der Waals surface area contributed by atoms with Crippen molar-refractivity contribution in [3.8, 4) is 0 Å². The van der Waals surface area contributed by atoms with Gasteiger partial charge in [0, 0.05) is 5.56 Å². The van der Waals surface area contributed by atoms with Gasteiger partial charge in [-0.1, -0.05) is 30.0 Å². The monoisotopic (exact) mass is 270 g/mol. The van der Waals surface area contributed by atoms with E-state index in [0.29, 0.717) is 17.0 Å². The molecule has 0 fully saturated rings. The van der Waals surface area contributed by atoms with Gasteiger partial charge < -0.3 is 5.11 Å². The van der Waals surface area contributed by atoms with Crippen molar-refractivity contribution in [1.29, 1.82) is 0 Å². The molecule has 0 aliphatic carbocycles. The lowest BCUT2D eigenvalue weighted by atomic mass is 10.0. The minimum Gasteiger partial charge on any atom is -0.383 e. The smallest absolute Gasteiger partial charge is 0.164 e. The largest absolute Gasteiger partial charge is 0.383 e. The lowest BCUT2D eigenvalue weighted by molar-refractivity contribution is 0.215.